The second-order valence-electron chi connectivity index (χ2n) is 1.88. The minimum Gasteiger partial charge on any atom is -0.385 e. The summed E-state index contributed by atoms with van der Waals surface area (Å²) in [5.41, 5.74) is 10.6. The largest absolute Gasteiger partial charge is 0.385 e. The van der Waals surface area contributed by atoms with Crippen molar-refractivity contribution >= 4 is 56.6 Å². The minimum atomic E-state index is 0. The zero-order valence-corrected chi connectivity index (χ0v) is 13.0. The Labute approximate surface area is 105 Å². The van der Waals surface area contributed by atoms with Gasteiger partial charge in [-0.05, 0) is 0 Å². The summed E-state index contributed by atoms with van der Waals surface area (Å²) in [4.78, 5) is 0. The van der Waals surface area contributed by atoms with Crippen LogP contribution in [0.25, 0.3) is 0 Å². The Morgan fingerprint density at radius 2 is 1.83 bits per heavy atom. The predicted octanol–water partition coefficient (Wildman–Crippen LogP) is 1.33. The van der Waals surface area contributed by atoms with E-state index in [-0.39, 0.29) is 19.5 Å². The van der Waals surface area contributed by atoms with E-state index < -0.39 is 0 Å². The molecule has 4 N–H and O–H groups in total. The molecule has 66 valence electrons. The van der Waals surface area contributed by atoms with Crippen molar-refractivity contribution in [3.63, 3.8) is 0 Å². The normalized spacial score (nSPS) is 11.4. The van der Waals surface area contributed by atoms with Gasteiger partial charge in [0, 0.05) is 30.5 Å². The molecule has 0 bridgehead atoms. The average molecular weight is 292 g/mol. The van der Waals surface area contributed by atoms with Crippen LogP contribution in [0, 0.1) is 0 Å². The molecule has 0 aliphatic rings. The van der Waals surface area contributed by atoms with Gasteiger partial charge in [0.15, 0.2) is 0 Å². The zero-order chi connectivity index (χ0) is 8.85. The number of thiocarbonyl (C=S) groups is 2. The van der Waals surface area contributed by atoms with Gasteiger partial charge in [-0.2, -0.15) is 0 Å². The third kappa shape index (κ3) is 11.1. The van der Waals surface area contributed by atoms with Crippen LogP contribution in [0.15, 0.2) is 0 Å². The molecule has 0 saturated carbocycles. The first kappa shape index (κ1) is 15.6. The summed E-state index contributed by atoms with van der Waals surface area (Å²) in [5, 5.41) is 0.374. The molecule has 7 heteroatoms. The summed E-state index contributed by atoms with van der Waals surface area (Å²) < 4.78 is 0.946. The molecule has 1 unspecified atom stereocenters. The zero-order valence-electron chi connectivity index (χ0n) is 6.78. The Balaban J connectivity index is 0. The molecule has 0 aromatic carbocycles. The van der Waals surface area contributed by atoms with Gasteiger partial charge in [-0.1, -0.05) is 54.9 Å². The van der Waals surface area contributed by atoms with Crippen LogP contribution in [0.5, 0.6) is 0 Å². The molecule has 0 radical (unpaired) electrons. The molecule has 0 aliphatic heterocycles. The van der Waals surface area contributed by atoms with E-state index in [1.165, 1.54) is 23.5 Å². The van der Waals surface area contributed by atoms with Crippen molar-refractivity contribution in [3.05, 3.63) is 0 Å². The van der Waals surface area contributed by atoms with E-state index in [9.17, 15) is 0 Å². The molecule has 0 saturated heterocycles. The fraction of sp³-hybridized carbons (Fsp3) is 0.600. The van der Waals surface area contributed by atoms with E-state index in [1.54, 1.807) is 0 Å². The van der Waals surface area contributed by atoms with E-state index in [1.807, 2.05) is 6.92 Å². The van der Waals surface area contributed by atoms with Crippen molar-refractivity contribution in [2.24, 2.45) is 11.5 Å². The molecule has 1 atom stereocenters. The molecule has 0 rings (SSSR count). The van der Waals surface area contributed by atoms with Crippen LogP contribution in [0.2, 0.25) is 0 Å². The van der Waals surface area contributed by atoms with E-state index in [2.05, 4.69) is 0 Å². The van der Waals surface area contributed by atoms with E-state index >= 15 is 0 Å². The fourth-order valence-corrected chi connectivity index (χ4v) is 2.40. The van der Waals surface area contributed by atoms with Crippen LogP contribution < -0.4 is 11.5 Å². The second kappa shape index (κ2) is 8.69. The average Bonchev–Trinajstić information content (AvgIpc) is 1.82. The van der Waals surface area contributed by atoms with Gasteiger partial charge in [0.1, 0.15) is 8.64 Å². The van der Waals surface area contributed by atoms with Crippen LogP contribution >= 0.6 is 48.0 Å². The number of hydrogen-bond acceptors (Lipinski definition) is 4. The van der Waals surface area contributed by atoms with Crippen molar-refractivity contribution in [1.82, 2.24) is 0 Å². The summed E-state index contributed by atoms with van der Waals surface area (Å²) in [7, 11) is 0. The van der Waals surface area contributed by atoms with Gasteiger partial charge in [0.25, 0.3) is 0 Å². The van der Waals surface area contributed by atoms with Crippen molar-refractivity contribution in [3.8, 4) is 0 Å². The first-order valence-electron chi connectivity index (χ1n) is 2.90. The molecule has 0 aromatic rings. The van der Waals surface area contributed by atoms with E-state index in [0.717, 1.165) is 5.75 Å². The molecule has 0 aromatic heterocycles. The third-order valence-corrected chi connectivity index (χ3v) is 3.38. The number of hydrogen-bond donors (Lipinski definition) is 2. The SMILES string of the molecule is CC(CSC(N)=S)SC(N)=S.[Zn]. The summed E-state index contributed by atoms with van der Waals surface area (Å²) in [5.74, 6) is 0.858. The minimum absolute atomic E-state index is 0. The predicted molar refractivity (Wildman–Crippen MR) is 63.1 cm³/mol. The van der Waals surface area contributed by atoms with Gasteiger partial charge in [-0.15, -0.1) is 0 Å². The Morgan fingerprint density at radius 1 is 1.33 bits per heavy atom. The van der Waals surface area contributed by atoms with E-state index in [0.29, 0.717) is 13.9 Å². The summed E-state index contributed by atoms with van der Waals surface area (Å²) >= 11 is 12.3. The van der Waals surface area contributed by atoms with Gasteiger partial charge < -0.3 is 11.5 Å². The van der Waals surface area contributed by atoms with Gasteiger partial charge in [-0.3, -0.25) is 0 Å². The standard InChI is InChI=1S/C5H10N2S4.Zn/c1-3(11-5(7)9)2-10-4(6)8;/h3H,2H2,1H3,(H2,6,8)(H2,7,9);. The number of thioether (sulfide) groups is 2. The monoisotopic (exact) mass is 290 g/mol. The smallest absolute Gasteiger partial charge is 0.131 e. The number of nitrogens with two attached hydrogens (primary N) is 2. The maximum Gasteiger partial charge on any atom is 0.131 e. The molecule has 0 aliphatic carbocycles. The summed E-state index contributed by atoms with van der Waals surface area (Å²) in [6.07, 6.45) is 0. The first-order chi connectivity index (χ1) is 5.02. The van der Waals surface area contributed by atoms with Crippen molar-refractivity contribution in [1.29, 1.82) is 0 Å². The number of rotatable bonds is 3. The molecule has 0 fully saturated rings. The maximum atomic E-state index is 5.32. The molecule has 0 amide bonds. The summed E-state index contributed by atoms with van der Waals surface area (Å²) in [6, 6.07) is 0. The van der Waals surface area contributed by atoms with Crippen molar-refractivity contribution in [2.45, 2.75) is 12.2 Å². The Bertz CT molecular complexity index is 164. The molecule has 0 spiro atoms. The Kier molecular flexibility index (Phi) is 11.3. The topological polar surface area (TPSA) is 52.0 Å². The molecule has 0 heterocycles. The second-order valence-corrected chi connectivity index (χ2v) is 5.82. The fourth-order valence-electron chi connectivity index (χ4n) is 0.432. The van der Waals surface area contributed by atoms with Crippen LogP contribution in [0.4, 0.5) is 0 Å². The molecule has 2 nitrogen and oxygen atoms in total. The first-order valence-corrected chi connectivity index (χ1v) is 5.59. The van der Waals surface area contributed by atoms with E-state index in [4.69, 9.17) is 35.9 Å². The van der Waals surface area contributed by atoms with Crippen molar-refractivity contribution < 1.29 is 19.5 Å². The van der Waals surface area contributed by atoms with Crippen molar-refractivity contribution in [2.75, 3.05) is 5.75 Å². The van der Waals surface area contributed by atoms with Crippen LogP contribution in [0.1, 0.15) is 6.92 Å². The Hall–Kier alpha value is 1.10. The molecule has 12 heavy (non-hydrogen) atoms. The van der Waals surface area contributed by atoms with Gasteiger partial charge >= 0.3 is 0 Å². The van der Waals surface area contributed by atoms with Crippen LogP contribution in [0.3, 0.4) is 0 Å². The van der Waals surface area contributed by atoms with Crippen LogP contribution in [-0.4, -0.2) is 19.6 Å². The third-order valence-electron chi connectivity index (χ3n) is 0.778. The maximum absolute atomic E-state index is 5.32. The molecular weight excluding hydrogens is 282 g/mol. The van der Waals surface area contributed by atoms with Gasteiger partial charge in [-0.25, -0.2) is 0 Å². The quantitative estimate of drug-likeness (QED) is 0.604. The van der Waals surface area contributed by atoms with Gasteiger partial charge in [0.05, 0.1) is 0 Å². The van der Waals surface area contributed by atoms with Crippen LogP contribution in [-0.2, 0) is 19.5 Å². The Morgan fingerprint density at radius 3 is 2.17 bits per heavy atom. The van der Waals surface area contributed by atoms with Gasteiger partial charge in [0.2, 0.25) is 0 Å². The molecular formula is C5H10N2S4Zn. The summed E-state index contributed by atoms with van der Waals surface area (Å²) in [6.45, 7) is 2.04.